The van der Waals surface area contributed by atoms with Gasteiger partial charge in [-0.15, -0.1) is 0 Å². The number of hydrogen-bond donors (Lipinski definition) is 1. The maximum absolute atomic E-state index is 12.1. The average molecular weight is 285 g/mol. The minimum atomic E-state index is -0.356. The van der Waals surface area contributed by atoms with Crippen molar-refractivity contribution < 1.29 is 14.1 Å². The second kappa shape index (κ2) is 5.40. The van der Waals surface area contributed by atoms with Crippen LogP contribution in [0.1, 0.15) is 29.1 Å². The van der Waals surface area contributed by atoms with E-state index in [9.17, 15) is 9.59 Å². The molecule has 6 nitrogen and oxygen atoms in total. The minimum Gasteiger partial charge on any atom is -0.361 e. The van der Waals surface area contributed by atoms with E-state index in [1.165, 1.54) is 0 Å². The number of hydrogen-bond acceptors (Lipinski definition) is 4. The Kier molecular flexibility index (Phi) is 3.43. The molecule has 0 saturated carbocycles. The fourth-order valence-electron chi connectivity index (χ4n) is 2.38. The first-order valence-corrected chi connectivity index (χ1v) is 6.79. The van der Waals surface area contributed by atoms with Gasteiger partial charge in [0.1, 0.15) is 5.76 Å². The lowest BCUT2D eigenvalue weighted by atomic mass is 10.2. The van der Waals surface area contributed by atoms with Crippen molar-refractivity contribution in [3.05, 3.63) is 41.8 Å². The summed E-state index contributed by atoms with van der Waals surface area (Å²) < 4.78 is 4.90. The summed E-state index contributed by atoms with van der Waals surface area (Å²) in [5.41, 5.74) is 1.53. The molecule has 1 aromatic carbocycles. The van der Waals surface area contributed by atoms with Crippen LogP contribution in [-0.4, -0.2) is 23.5 Å². The Labute approximate surface area is 121 Å². The van der Waals surface area contributed by atoms with Crippen molar-refractivity contribution in [3.8, 4) is 0 Å². The van der Waals surface area contributed by atoms with Gasteiger partial charge >= 0.3 is 0 Å². The Balaban J connectivity index is 1.85. The number of rotatable bonds is 3. The number of aryl methyl sites for hydroxylation is 1. The number of anilines is 2. The third-order valence-corrected chi connectivity index (χ3v) is 3.38. The zero-order chi connectivity index (χ0) is 14.8. The molecule has 2 amide bonds. The topological polar surface area (TPSA) is 75.4 Å². The van der Waals surface area contributed by atoms with Crippen LogP contribution < -0.4 is 10.2 Å². The van der Waals surface area contributed by atoms with Crippen LogP contribution in [-0.2, 0) is 4.79 Å². The van der Waals surface area contributed by atoms with E-state index in [0.29, 0.717) is 30.1 Å². The van der Waals surface area contributed by atoms with Gasteiger partial charge in [0, 0.05) is 19.0 Å². The van der Waals surface area contributed by atoms with Crippen molar-refractivity contribution in [2.75, 3.05) is 16.8 Å². The molecule has 1 aromatic heterocycles. The molecule has 6 heteroatoms. The summed E-state index contributed by atoms with van der Waals surface area (Å²) in [6.07, 6.45) is 1.38. The highest BCUT2D eigenvalue weighted by Gasteiger charge is 2.24. The van der Waals surface area contributed by atoms with Crippen LogP contribution >= 0.6 is 0 Å². The van der Waals surface area contributed by atoms with Gasteiger partial charge < -0.3 is 14.7 Å². The molecule has 1 aliphatic heterocycles. The molecule has 1 saturated heterocycles. The smallest absolute Gasteiger partial charge is 0.277 e. The number of nitrogens with zero attached hydrogens (tertiary/aromatic N) is 2. The van der Waals surface area contributed by atoms with Crippen molar-refractivity contribution in [2.45, 2.75) is 19.8 Å². The molecule has 3 rings (SSSR count). The van der Waals surface area contributed by atoms with E-state index in [-0.39, 0.29) is 17.5 Å². The Morgan fingerprint density at radius 1 is 1.38 bits per heavy atom. The third-order valence-electron chi connectivity index (χ3n) is 3.38. The predicted molar refractivity (Wildman–Crippen MR) is 77.2 cm³/mol. The zero-order valence-electron chi connectivity index (χ0n) is 11.6. The monoisotopic (exact) mass is 285 g/mol. The SMILES string of the molecule is Cc1cc(C(=O)Nc2ccccc2N2CCCC2=O)no1. The molecular weight excluding hydrogens is 270 g/mol. The van der Waals surface area contributed by atoms with Crippen molar-refractivity contribution in [2.24, 2.45) is 0 Å². The minimum absolute atomic E-state index is 0.0778. The van der Waals surface area contributed by atoms with Gasteiger partial charge in [-0.25, -0.2) is 0 Å². The van der Waals surface area contributed by atoms with E-state index >= 15 is 0 Å². The first-order valence-electron chi connectivity index (χ1n) is 6.79. The highest BCUT2D eigenvalue weighted by molar-refractivity contribution is 6.07. The fraction of sp³-hybridized carbons (Fsp3) is 0.267. The Hall–Kier alpha value is -2.63. The molecular formula is C15H15N3O3. The van der Waals surface area contributed by atoms with Crippen molar-refractivity contribution in [1.82, 2.24) is 5.16 Å². The van der Waals surface area contributed by atoms with E-state index in [2.05, 4.69) is 10.5 Å². The van der Waals surface area contributed by atoms with Gasteiger partial charge in [0.05, 0.1) is 11.4 Å². The van der Waals surface area contributed by atoms with Gasteiger partial charge in [-0.05, 0) is 25.5 Å². The van der Waals surface area contributed by atoms with E-state index in [1.807, 2.05) is 18.2 Å². The van der Waals surface area contributed by atoms with Crippen LogP contribution in [0.5, 0.6) is 0 Å². The molecule has 0 radical (unpaired) electrons. The maximum atomic E-state index is 12.1. The summed E-state index contributed by atoms with van der Waals surface area (Å²) in [5.74, 6) is 0.295. The van der Waals surface area contributed by atoms with Crippen molar-refractivity contribution in [3.63, 3.8) is 0 Å². The first kappa shape index (κ1) is 13.4. The molecule has 0 unspecified atom stereocenters. The van der Waals surface area contributed by atoms with Crippen molar-refractivity contribution in [1.29, 1.82) is 0 Å². The average Bonchev–Trinajstić information content (AvgIpc) is 3.08. The van der Waals surface area contributed by atoms with E-state index in [4.69, 9.17) is 4.52 Å². The summed E-state index contributed by atoms with van der Waals surface area (Å²) in [6, 6.07) is 8.82. The van der Waals surface area contributed by atoms with Gasteiger partial charge in [-0.1, -0.05) is 17.3 Å². The third kappa shape index (κ3) is 2.65. The zero-order valence-corrected chi connectivity index (χ0v) is 11.6. The molecule has 0 aliphatic carbocycles. The molecule has 1 fully saturated rings. The second-order valence-electron chi connectivity index (χ2n) is 4.94. The molecule has 0 atom stereocenters. The lowest BCUT2D eigenvalue weighted by Crippen LogP contribution is -2.25. The van der Waals surface area contributed by atoms with Crippen LogP contribution in [0.4, 0.5) is 11.4 Å². The normalized spacial score (nSPS) is 14.5. The van der Waals surface area contributed by atoms with Crippen LogP contribution in [0, 0.1) is 6.92 Å². The standard InChI is InChI=1S/C15H15N3O3/c1-10-9-12(17-21-10)15(20)16-11-5-2-3-6-13(11)18-8-4-7-14(18)19/h2-3,5-6,9H,4,7-8H2,1H3,(H,16,20). The van der Waals surface area contributed by atoms with Gasteiger partial charge in [0.25, 0.3) is 5.91 Å². The highest BCUT2D eigenvalue weighted by atomic mass is 16.5. The van der Waals surface area contributed by atoms with Crippen LogP contribution in [0.2, 0.25) is 0 Å². The van der Waals surface area contributed by atoms with Crippen LogP contribution in [0.25, 0.3) is 0 Å². The number of amides is 2. The number of para-hydroxylation sites is 2. The number of carbonyl (C=O) groups is 2. The fourth-order valence-corrected chi connectivity index (χ4v) is 2.38. The molecule has 108 valence electrons. The lowest BCUT2D eigenvalue weighted by Gasteiger charge is -2.19. The second-order valence-corrected chi connectivity index (χ2v) is 4.94. The molecule has 0 spiro atoms. The molecule has 2 aromatic rings. The number of benzene rings is 1. The van der Waals surface area contributed by atoms with Crippen LogP contribution in [0.3, 0.4) is 0 Å². The predicted octanol–water partition coefficient (Wildman–Crippen LogP) is 2.36. The Bertz CT molecular complexity index is 693. The van der Waals surface area contributed by atoms with E-state index < -0.39 is 0 Å². The maximum Gasteiger partial charge on any atom is 0.277 e. The van der Waals surface area contributed by atoms with Gasteiger partial charge in [0.15, 0.2) is 5.69 Å². The summed E-state index contributed by atoms with van der Waals surface area (Å²) in [4.78, 5) is 25.7. The van der Waals surface area contributed by atoms with E-state index in [0.717, 1.165) is 6.42 Å². The van der Waals surface area contributed by atoms with Gasteiger partial charge in [0.2, 0.25) is 5.91 Å². The van der Waals surface area contributed by atoms with Gasteiger partial charge in [-0.3, -0.25) is 9.59 Å². The lowest BCUT2D eigenvalue weighted by molar-refractivity contribution is -0.117. The molecule has 21 heavy (non-hydrogen) atoms. The summed E-state index contributed by atoms with van der Waals surface area (Å²) in [6.45, 7) is 2.40. The quantitative estimate of drug-likeness (QED) is 0.939. The number of carbonyl (C=O) groups excluding carboxylic acids is 2. The van der Waals surface area contributed by atoms with Crippen molar-refractivity contribution >= 4 is 23.2 Å². The van der Waals surface area contributed by atoms with E-state index in [1.54, 1.807) is 24.0 Å². The molecule has 1 aliphatic rings. The Morgan fingerprint density at radius 2 is 2.19 bits per heavy atom. The van der Waals surface area contributed by atoms with Gasteiger partial charge in [-0.2, -0.15) is 0 Å². The number of aromatic nitrogens is 1. The largest absolute Gasteiger partial charge is 0.361 e. The summed E-state index contributed by atoms with van der Waals surface area (Å²) in [7, 11) is 0. The summed E-state index contributed by atoms with van der Waals surface area (Å²) >= 11 is 0. The number of nitrogens with one attached hydrogen (secondary N) is 1. The molecule has 2 heterocycles. The Morgan fingerprint density at radius 3 is 2.86 bits per heavy atom. The molecule has 1 N–H and O–H groups in total. The first-order chi connectivity index (χ1) is 10.1. The molecule has 0 bridgehead atoms. The van der Waals surface area contributed by atoms with Crippen LogP contribution in [0.15, 0.2) is 34.9 Å². The summed E-state index contributed by atoms with van der Waals surface area (Å²) in [5, 5.41) is 6.47. The highest BCUT2D eigenvalue weighted by Crippen LogP contribution is 2.29.